The van der Waals surface area contributed by atoms with Crippen molar-refractivity contribution in [3.63, 3.8) is 0 Å². The first-order chi connectivity index (χ1) is 16.0. The Kier molecular flexibility index (Phi) is 5.35. The zero-order valence-corrected chi connectivity index (χ0v) is 18.7. The molecule has 2 aromatic carbocycles. The van der Waals surface area contributed by atoms with Gasteiger partial charge in [0.2, 0.25) is 5.17 Å². The molecule has 0 fully saturated rings. The Morgan fingerprint density at radius 3 is 2.76 bits per heavy atom. The summed E-state index contributed by atoms with van der Waals surface area (Å²) in [4.78, 5) is 16.8. The lowest BCUT2D eigenvalue weighted by molar-refractivity contribution is -0.114. The third kappa shape index (κ3) is 3.75. The number of methoxy groups -OCH3 is 1. The molecule has 0 spiro atoms. The van der Waals surface area contributed by atoms with Crippen molar-refractivity contribution < 1.29 is 13.9 Å². The molecular weight excluding hydrogens is 465 g/mol. The van der Waals surface area contributed by atoms with E-state index >= 15 is 0 Å². The van der Waals surface area contributed by atoms with Gasteiger partial charge >= 0.3 is 0 Å². The summed E-state index contributed by atoms with van der Waals surface area (Å²) in [6.07, 6.45) is 3.39. The maximum Gasteiger partial charge on any atom is 0.283 e. The molecule has 3 aromatic rings. The maximum absolute atomic E-state index is 14.2. The summed E-state index contributed by atoms with van der Waals surface area (Å²) in [6, 6.07) is 15.2. The Balaban J connectivity index is 1.50. The number of carbonyl (C=O) groups is 1. The second-order valence-corrected chi connectivity index (χ2v) is 8.39. The molecular formula is C23H15ClFN5O2S. The van der Waals surface area contributed by atoms with Gasteiger partial charge in [0.05, 0.1) is 17.7 Å². The van der Waals surface area contributed by atoms with Gasteiger partial charge < -0.3 is 9.30 Å². The van der Waals surface area contributed by atoms with Gasteiger partial charge in [-0.05, 0) is 60.3 Å². The van der Waals surface area contributed by atoms with E-state index in [0.717, 1.165) is 17.4 Å². The van der Waals surface area contributed by atoms with Crippen LogP contribution in [0, 0.1) is 11.2 Å². The number of hydrogen-bond acceptors (Lipinski definition) is 5. The Morgan fingerprint density at radius 1 is 1.18 bits per heavy atom. The van der Waals surface area contributed by atoms with E-state index in [1.807, 2.05) is 22.9 Å². The van der Waals surface area contributed by atoms with E-state index in [1.165, 1.54) is 18.2 Å². The minimum Gasteiger partial charge on any atom is -0.495 e. The second kappa shape index (κ2) is 8.34. The molecule has 0 aliphatic carbocycles. The van der Waals surface area contributed by atoms with E-state index in [9.17, 15) is 9.18 Å². The van der Waals surface area contributed by atoms with Gasteiger partial charge in [-0.25, -0.2) is 4.39 Å². The van der Waals surface area contributed by atoms with Crippen LogP contribution in [-0.4, -0.2) is 38.6 Å². The molecule has 2 aliphatic heterocycles. The number of hydrogen-bond donors (Lipinski definition) is 1. The highest BCUT2D eigenvalue weighted by Gasteiger charge is 2.36. The maximum atomic E-state index is 14.2. The van der Waals surface area contributed by atoms with Crippen molar-refractivity contribution >= 4 is 51.4 Å². The highest BCUT2D eigenvalue weighted by molar-refractivity contribution is 8.27. The molecule has 1 aromatic heterocycles. The predicted octanol–water partition coefficient (Wildman–Crippen LogP) is 4.95. The lowest BCUT2D eigenvalue weighted by Gasteiger charge is -2.20. The van der Waals surface area contributed by atoms with Crippen LogP contribution in [0.4, 0.5) is 4.39 Å². The fourth-order valence-electron chi connectivity index (χ4n) is 3.44. The van der Waals surface area contributed by atoms with Crippen molar-refractivity contribution in [2.75, 3.05) is 7.11 Å². The number of halogens is 2. The van der Waals surface area contributed by atoms with Crippen LogP contribution in [0.25, 0.3) is 11.8 Å². The van der Waals surface area contributed by atoms with Gasteiger partial charge in [-0.3, -0.25) is 10.2 Å². The monoisotopic (exact) mass is 479 g/mol. The van der Waals surface area contributed by atoms with E-state index in [0.29, 0.717) is 21.5 Å². The molecule has 0 saturated heterocycles. The molecule has 10 heteroatoms. The normalized spacial score (nSPS) is 16.7. The molecule has 164 valence electrons. The van der Waals surface area contributed by atoms with E-state index in [2.05, 4.69) is 10.1 Å². The topological polar surface area (TPSA) is 83.0 Å². The minimum atomic E-state index is -0.566. The number of nitrogens with zero attached hydrogens (tertiary/aromatic N) is 4. The molecule has 0 bridgehead atoms. The molecule has 1 N–H and O–H groups in total. The summed E-state index contributed by atoms with van der Waals surface area (Å²) >= 11 is 7.31. The molecule has 3 heterocycles. The van der Waals surface area contributed by atoms with Gasteiger partial charge in [-0.15, -0.1) is 0 Å². The summed E-state index contributed by atoms with van der Waals surface area (Å²) in [5.74, 6) is -0.587. The van der Waals surface area contributed by atoms with E-state index in [1.54, 1.807) is 42.5 Å². The van der Waals surface area contributed by atoms with Gasteiger partial charge in [-0.1, -0.05) is 23.7 Å². The summed E-state index contributed by atoms with van der Waals surface area (Å²) in [5, 5.41) is 15.2. The third-order valence-electron chi connectivity index (χ3n) is 5.04. The number of ether oxygens (including phenoxy) is 1. The molecule has 1 amide bonds. The zero-order valence-electron chi connectivity index (χ0n) is 17.1. The fraction of sp³-hybridized carbons (Fsp3) is 0.0435. The Hall–Kier alpha value is -3.69. The molecule has 33 heavy (non-hydrogen) atoms. The van der Waals surface area contributed by atoms with Crippen molar-refractivity contribution in [1.82, 2.24) is 9.58 Å². The second-order valence-electron chi connectivity index (χ2n) is 7.03. The van der Waals surface area contributed by atoms with Gasteiger partial charge in [0, 0.05) is 23.1 Å². The number of nitrogens with one attached hydrogen (secondary N) is 1. The van der Waals surface area contributed by atoms with Crippen LogP contribution in [0.2, 0.25) is 5.02 Å². The molecule has 0 atom stereocenters. The third-order valence-corrected chi connectivity index (χ3v) is 6.28. The van der Waals surface area contributed by atoms with Crippen LogP contribution < -0.4 is 4.74 Å². The van der Waals surface area contributed by atoms with Crippen LogP contribution in [0.15, 0.2) is 76.5 Å². The lowest BCUT2D eigenvalue weighted by Crippen LogP contribution is -2.35. The number of benzene rings is 2. The largest absolute Gasteiger partial charge is 0.495 e. The first-order valence-corrected chi connectivity index (χ1v) is 10.9. The number of fused-ring (bicyclic) bond motifs is 1. The standard InChI is InChI=1S/C23H15ClFN5O2S/c1-32-19-9-8-14(12-17(19)24)29-10-4-5-13(29)11-16-20(26)30-23(27-21(16)31)33-22(28-30)15-6-2-3-7-18(15)25/h2-12,26H,1H3/b16-11-,26-20?. The smallest absolute Gasteiger partial charge is 0.283 e. The van der Waals surface area contributed by atoms with Crippen molar-refractivity contribution in [3.05, 3.63) is 88.5 Å². The van der Waals surface area contributed by atoms with Crippen LogP contribution in [0.5, 0.6) is 5.75 Å². The summed E-state index contributed by atoms with van der Waals surface area (Å²) in [5.41, 5.74) is 1.76. The SMILES string of the molecule is COc1ccc(-n2cccc2/C=C2/C(=N)N3N=C(c4ccccc4F)SC3=NC2=O)cc1Cl. The van der Waals surface area contributed by atoms with Crippen molar-refractivity contribution in [1.29, 1.82) is 5.41 Å². The molecule has 0 saturated carbocycles. The average Bonchev–Trinajstić information content (AvgIpc) is 3.44. The van der Waals surface area contributed by atoms with Gasteiger partial charge in [0.15, 0.2) is 5.84 Å². The Morgan fingerprint density at radius 2 is 2.00 bits per heavy atom. The van der Waals surface area contributed by atoms with Crippen LogP contribution >= 0.6 is 23.4 Å². The Labute approximate surface area is 197 Å². The van der Waals surface area contributed by atoms with Crippen LogP contribution in [-0.2, 0) is 4.79 Å². The number of carbonyl (C=O) groups excluding carboxylic acids is 1. The lowest BCUT2D eigenvalue weighted by atomic mass is 10.1. The number of aliphatic imine (C=N–C) groups is 1. The first-order valence-electron chi connectivity index (χ1n) is 9.72. The van der Waals surface area contributed by atoms with Gasteiger partial charge in [0.25, 0.3) is 5.91 Å². The summed E-state index contributed by atoms with van der Waals surface area (Å²) in [6.45, 7) is 0. The quantitative estimate of drug-likeness (QED) is 0.537. The fourth-order valence-corrected chi connectivity index (χ4v) is 4.61. The van der Waals surface area contributed by atoms with Crippen molar-refractivity contribution in [3.8, 4) is 11.4 Å². The van der Waals surface area contributed by atoms with Gasteiger partial charge in [-0.2, -0.15) is 15.1 Å². The van der Waals surface area contributed by atoms with Gasteiger partial charge in [0.1, 0.15) is 16.6 Å². The summed E-state index contributed by atoms with van der Waals surface area (Å²) < 4.78 is 21.2. The number of aromatic nitrogens is 1. The zero-order chi connectivity index (χ0) is 23.1. The van der Waals surface area contributed by atoms with Crippen molar-refractivity contribution in [2.45, 2.75) is 0 Å². The average molecular weight is 480 g/mol. The number of hydrazone groups is 1. The Bertz CT molecular complexity index is 1410. The molecule has 7 nitrogen and oxygen atoms in total. The summed E-state index contributed by atoms with van der Waals surface area (Å²) in [7, 11) is 1.54. The van der Waals surface area contributed by atoms with E-state index in [-0.39, 0.29) is 22.1 Å². The first kappa shape index (κ1) is 21.2. The van der Waals surface area contributed by atoms with Crippen molar-refractivity contribution in [2.24, 2.45) is 10.1 Å². The van der Waals surface area contributed by atoms with E-state index < -0.39 is 11.7 Å². The minimum absolute atomic E-state index is 0.0671. The van der Waals surface area contributed by atoms with Crippen LogP contribution in [0.3, 0.4) is 0 Å². The highest BCUT2D eigenvalue weighted by Crippen LogP contribution is 2.32. The van der Waals surface area contributed by atoms with E-state index in [4.69, 9.17) is 21.7 Å². The number of thioether (sulfide) groups is 1. The number of amidine groups is 2. The molecule has 2 aliphatic rings. The number of rotatable bonds is 4. The highest BCUT2D eigenvalue weighted by atomic mass is 35.5. The van der Waals surface area contributed by atoms with Crippen LogP contribution in [0.1, 0.15) is 11.3 Å². The predicted molar refractivity (Wildman–Crippen MR) is 128 cm³/mol. The molecule has 0 radical (unpaired) electrons. The number of amides is 1. The molecule has 0 unspecified atom stereocenters. The molecule has 5 rings (SSSR count).